The first kappa shape index (κ1) is 14.4. The lowest BCUT2D eigenvalue weighted by Crippen LogP contribution is -2.11. The monoisotopic (exact) mass is 233 g/mol. The zero-order valence-corrected chi connectivity index (χ0v) is 9.56. The molecule has 1 rings (SSSR count). The summed E-state index contributed by atoms with van der Waals surface area (Å²) in [5.41, 5.74) is 7.41. The molecule has 0 fully saturated rings. The number of rotatable bonds is 4. The second kappa shape index (κ2) is 6.77. The smallest absolute Gasteiger partial charge is 0.126 e. The van der Waals surface area contributed by atoms with Crippen LogP contribution in [0.4, 0.5) is 4.39 Å². The van der Waals surface area contributed by atoms with Gasteiger partial charge < -0.3 is 10.8 Å². The third kappa shape index (κ3) is 4.16. The van der Waals surface area contributed by atoms with Crippen molar-refractivity contribution in [2.24, 2.45) is 5.73 Å². The molecule has 86 valence electrons. The number of hydrogen-bond acceptors (Lipinski definition) is 2. The van der Waals surface area contributed by atoms with E-state index in [0.717, 1.165) is 12.0 Å². The van der Waals surface area contributed by atoms with Gasteiger partial charge in [-0.25, -0.2) is 4.39 Å². The van der Waals surface area contributed by atoms with E-state index in [-0.39, 0.29) is 30.9 Å². The summed E-state index contributed by atoms with van der Waals surface area (Å²) < 4.78 is 12.9. The van der Waals surface area contributed by atoms with E-state index in [1.54, 1.807) is 19.1 Å². The van der Waals surface area contributed by atoms with Crippen molar-refractivity contribution in [1.29, 1.82) is 0 Å². The lowest BCUT2D eigenvalue weighted by Gasteiger charge is -2.11. The lowest BCUT2D eigenvalue weighted by atomic mass is 10.0. The molecule has 4 heteroatoms. The summed E-state index contributed by atoms with van der Waals surface area (Å²) in [6.07, 6.45) is 1.40. The highest BCUT2D eigenvalue weighted by Gasteiger charge is 2.07. The summed E-state index contributed by atoms with van der Waals surface area (Å²) in [6.45, 7) is 1.87. The van der Waals surface area contributed by atoms with Gasteiger partial charge in [-0.05, 0) is 37.0 Å². The van der Waals surface area contributed by atoms with Gasteiger partial charge in [-0.15, -0.1) is 12.4 Å². The van der Waals surface area contributed by atoms with E-state index in [2.05, 4.69) is 0 Å². The van der Waals surface area contributed by atoms with Gasteiger partial charge in [0.25, 0.3) is 0 Å². The first-order valence-electron chi connectivity index (χ1n) is 4.77. The predicted octanol–water partition coefficient (Wildman–Crippen LogP) is 2.33. The maximum absolute atomic E-state index is 12.9. The molecule has 0 aliphatic rings. The highest BCUT2D eigenvalue weighted by molar-refractivity contribution is 5.85. The number of aliphatic hydroxyl groups is 1. The fourth-order valence-corrected chi connectivity index (χ4v) is 1.38. The Labute approximate surface area is 95.7 Å². The summed E-state index contributed by atoms with van der Waals surface area (Å²) in [5, 5.41) is 8.65. The molecule has 0 aliphatic heterocycles. The second-order valence-corrected chi connectivity index (χ2v) is 3.48. The summed E-state index contributed by atoms with van der Waals surface area (Å²) in [6, 6.07) is 4.78. The SMILES string of the molecule is Cc1cc([C@H](N)CCCO)ccc1F.Cl. The van der Waals surface area contributed by atoms with Crippen molar-refractivity contribution in [2.75, 3.05) is 6.61 Å². The van der Waals surface area contributed by atoms with Crippen LogP contribution in [0.15, 0.2) is 18.2 Å². The fraction of sp³-hybridized carbons (Fsp3) is 0.455. The van der Waals surface area contributed by atoms with Gasteiger partial charge in [-0.2, -0.15) is 0 Å². The van der Waals surface area contributed by atoms with Gasteiger partial charge in [-0.1, -0.05) is 12.1 Å². The van der Waals surface area contributed by atoms with E-state index in [1.807, 2.05) is 0 Å². The summed E-state index contributed by atoms with van der Waals surface area (Å²) >= 11 is 0. The zero-order chi connectivity index (χ0) is 10.6. The molecule has 0 spiro atoms. The van der Waals surface area contributed by atoms with Gasteiger partial charge >= 0.3 is 0 Å². The van der Waals surface area contributed by atoms with Gasteiger partial charge in [0, 0.05) is 12.6 Å². The summed E-state index contributed by atoms with van der Waals surface area (Å²) in [7, 11) is 0. The van der Waals surface area contributed by atoms with E-state index < -0.39 is 0 Å². The Morgan fingerprint density at radius 3 is 2.67 bits per heavy atom. The van der Waals surface area contributed by atoms with E-state index in [4.69, 9.17) is 10.8 Å². The van der Waals surface area contributed by atoms with Crippen LogP contribution in [0.2, 0.25) is 0 Å². The average molecular weight is 234 g/mol. The van der Waals surface area contributed by atoms with Gasteiger partial charge in [0.2, 0.25) is 0 Å². The Kier molecular flexibility index (Phi) is 6.48. The number of aliphatic hydroxyl groups excluding tert-OH is 1. The molecular weight excluding hydrogens is 217 g/mol. The number of benzene rings is 1. The van der Waals surface area contributed by atoms with Gasteiger partial charge in [0.05, 0.1) is 0 Å². The van der Waals surface area contributed by atoms with Crippen molar-refractivity contribution in [3.8, 4) is 0 Å². The minimum atomic E-state index is -0.205. The molecule has 1 aromatic carbocycles. The molecule has 0 saturated heterocycles. The van der Waals surface area contributed by atoms with Crippen LogP contribution in [0.3, 0.4) is 0 Å². The van der Waals surface area contributed by atoms with Gasteiger partial charge in [0.1, 0.15) is 5.82 Å². The first-order chi connectivity index (χ1) is 6.65. The Morgan fingerprint density at radius 1 is 1.47 bits per heavy atom. The fourth-order valence-electron chi connectivity index (χ4n) is 1.38. The van der Waals surface area contributed by atoms with E-state index in [1.165, 1.54) is 6.07 Å². The van der Waals surface area contributed by atoms with Gasteiger partial charge in [-0.3, -0.25) is 0 Å². The third-order valence-electron chi connectivity index (χ3n) is 2.28. The molecule has 0 aliphatic carbocycles. The molecule has 3 N–H and O–H groups in total. The topological polar surface area (TPSA) is 46.2 Å². The minimum absolute atomic E-state index is 0. The number of halogens is 2. The summed E-state index contributed by atoms with van der Waals surface area (Å²) in [4.78, 5) is 0. The average Bonchev–Trinajstić information content (AvgIpc) is 2.18. The molecule has 0 aromatic heterocycles. The van der Waals surface area contributed by atoms with E-state index >= 15 is 0 Å². The number of aryl methyl sites for hydroxylation is 1. The van der Waals surface area contributed by atoms with Crippen LogP contribution in [0.25, 0.3) is 0 Å². The van der Waals surface area contributed by atoms with Crippen molar-refractivity contribution in [1.82, 2.24) is 0 Å². The normalized spacial score (nSPS) is 12.0. The molecule has 0 radical (unpaired) electrons. The predicted molar refractivity (Wildman–Crippen MR) is 61.6 cm³/mol. The second-order valence-electron chi connectivity index (χ2n) is 3.48. The lowest BCUT2D eigenvalue weighted by molar-refractivity contribution is 0.280. The van der Waals surface area contributed by atoms with Crippen LogP contribution in [-0.4, -0.2) is 11.7 Å². The summed E-state index contributed by atoms with van der Waals surface area (Å²) in [5.74, 6) is -0.205. The Hall–Kier alpha value is -0.640. The molecule has 0 amide bonds. The first-order valence-corrected chi connectivity index (χ1v) is 4.77. The van der Waals surface area contributed by atoms with Crippen LogP contribution in [0, 0.1) is 12.7 Å². The van der Waals surface area contributed by atoms with Crippen LogP contribution >= 0.6 is 12.4 Å². The van der Waals surface area contributed by atoms with Gasteiger partial charge in [0.15, 0.2) is 0 Å². The van der Waals surface area contributed by atoms with Crippen molar-refractivity contribution in [3.05, 3.63) is 35.1 Å². The molecule has 1 atom stereocenters. The molecule has 1 aromatic rings. The Morgan fingerprint density at radius 2 is 2.13 bits per heavy atom. The van der Waals surface area contributed by atoms with E-state index in [0.29, 0.717) is 12.0 Å². The molecule has 15 heavy (non-hydrogen) atoms. The minimum Gasteiger partial charge on any atom is -0.396 e. The Bertz CT molecular complexity index is 307. The number of hydrogen-bond donors (Lipinski definition) is 2. The van der Waals surface area contributed by atoms with Crippen LogP contribution in [0.1, 0.15) is 30.0 Å². The van der Waals surface area contributed by atoms with Crippen molar-refractivity contribution in [3.63, 3.8) is 0 Å². The third-order valence-corrected chi connectivity index (χ3v) is 2.28. The maximum Gasteiger partial charge on any atom is 0.126 e. The highest BCUT2D eigenvalue weighted by atomic mass is 35.5. The van der Waals surface area contributed by atoms with Crippen LogP contribution in [0.5, 0.6) is 0 Å². The largest absolute Gasteiger partial charge is 0.396 e. The van der Waals surface area contributed by atoms with Crippen molar-refractivity contribution < 1.29 is 9.50 Å². The standard InChI is InChI=1S/C11H16FNO.ClH/c1-8-7-9(4-5-10(8)12)11(13)3-2-6-14;/h4-5,7,11,14H,2-3,6,13H2,1H3;1H/t11-;/m1./s1. The Balaban J connectivity index is 0.00000196. The maximum atomic E-state index is 12.9. The number of nitrogens with two attached hydrogens (primary N) is 1. The zero-order valence-electron chi connectivity index (χ0n) is 8.74. The molecule has 0 heterocycles. The van der Waals surface area contributed by atoms with Crippen LogP contribution in [-0.2, 0) is 0 Å². The molecular formula is C11H17ClFNO. The molecule has 0 bridgehead atoms. The van der Waals surface area contributed by atoms with E-state index in [9.17, 15) is 4.39 Å². The molecule has 0 saturated carbocycles. The highest BCUT2D eigenvalue weighted by Crippen LogP contribution is 2.18. The van der Waals surface area contributed by atoms with Crippen molar-refractivity contribution in [2.45, 2.75) is 25.8 Å². The van der Waals surface area contributed by atoms with Crippen molar-refractivity contribution >= 4 is 12.4 Å². The quantitative estimate of drug-likeness (QED) is 0.839. The molecule has 2 nitrogen and oxygen atoms in total. The van der Waals surface area contributed by atoms with Crippen LogP contribution < -0.4 is 5.73 Å². The molecule has 0 unspecified atom stereocenters.